The lowest BCUT2D eigenvalue weighted by atomic mass is 10.4. The van der Waals surface area contributed by atoms with Gasteiger partial charge in [0.15, 0.2) is 0 Å². The van der Waals surface area contributed by atoms with E-state index in [1.807, 2.05) is 0 Å². The van der Waals surface area contributed by atoms with E-state index in [1.54, 1.807) is 12.1 Å². The summed E-state index contributed by atoms with van der Waals surface area (Å²) in [4.78, 5) is 29.1. The van der Waals surface area contributed by atoms with E-state index in [0.717, 1.165) is 4.90 Å². The number of hydrogen-bond acceptors (Lipinski definition) is 3. The van der Waals surface area contributed by atoms with Crippen LogP contribution in [0.15, 0.2) is 18.3 Å². The second-order valence-electron chi connectivity index (χ2n) is 3.16. The molecule has 0 saturated carbocycles. The van der Waals surface area contributed by atoms with Gasteiger partial charge in [0.2, 0.25) is 5.91 Å². The zero-order valence-corrected chi connectivity index (χ0v) is 8.73. The summed E-state index contributed by atoms with van der Waals surface area (Å²) in [6, 6.07) is 2.89. The van der Waals surface area contributed by atoms with Crippen LogP contribution in [0.2, 0.25) is 5.15 Å². The van der Waals surface area contributed by atoms with E-state index in [-0.39, 0.29) is 18.5 Å². The van der Waals surface area contributed by atoms with Crippen molar-refractivity contribution in [3.05, 3.63) is 23.5 Å². The number of amides is 3. The first-order chi connectivity index (χ1) is 7.09. The normalized spacial score (nSPS) is 16.4. The molecule has 2 rings (SSSR count). The van der Waals surface area contributed by atoms with Crippen LogP contribution in [0.4, 0.5) is 10.5 Å². The van der Waals surface area contributed by atoms with Gasteiger partial charge in [-0.2, -0.15) is 0 Å². The summed E-state index contributed by atoms with van der Waals surface area (Å²) in [5.41, 5.74) is 0.571. The van der Waals surface area contributed by atoms with E-state index in [1.165, 1.54) is 18.1 Å². The Labute approximate surface area is 91.3 Å². The van der Waals surface area contributed by atoms with Gasteiger partial charge in [0.05, 0.1) is 11.9 Å². The molecule has 0 atom stereocenters. The molecule has 0 aromatic carbocycles. The molecule has 1 fully saturated rings. The molecule has 1 aromatic rings. The second-order valence-corrected chi connectivity index (χ2v) is 3.55. The lowest BCUT2D eigenvalue weighted by Gasteiger charge is -2.13. The van der Waals surface area contributed by atoms with Crippen LogP contribution in [0.25, 0.3) is 0 Å². The monoisotopic (exact) mass is 225 g/mol. The summed E-state index contributed by atoms with van der Waals surface area (Å²) in [7, 11) is 1.45. The molecule has 5 nitrogen and oxygen atoms in total. The van der Waals surface area contributed by atoms with Crippen molar-refractivity contribution in [1.29, 1.82) is 0 Å². The summed E-state index contributed by atoms with van der Waals surface area (Å²) < 4.78 is 0. The number of carbonyl (C=O) groups excluding carboxylic acids is 2. The number of halogens is 1. The fraction of sp³-hybridized carbons (Fsp3) is 0.222. The topological polar surface area (TPSA) is 53.5 Å². The standard InChI is InChI=1S/C9H8ClN3O2/c1-12-8(14)5-13(9(12)15)6-2-3-7(10)11-4-6/h2-4H,5H2,1H3. The lowest BCUT2D eigenvalue weighted by Crippen LogP contribution is -2.29. The van der Waals surface area contributed by atoms with Crippen LogP contribution in [0, 0.1) is 0 Å². The number of pyridine rings is 1. The van der Waals surface area contributed by atoms with Gasteiger partial charge in [-0.15, -0.1) is 0 Å². The predicted molar refractivity (Wildman–Crippen MR) is 54.8 cm³/mol. The van der Waals surface area contributed by atoms with Gasteiger partial charge in [-0.3, -0.25) is 14.6 Å². The molecule has 6 heteroatoms. The molecule has 0 bridgehead atoms. The minimum Gasteiger partial charge on any atom is -0.283 e. The van der Waals surface area contributed by atoms with E-state index >= 15 is 0 Å². The molecule has 0 radical (unpaired) electrons. The fourth-order valence-electron chi connectivity index (χ4n) is 1.33. The van der Waals surface area contributed by atoms with Gasteiger partial charge in [-0.05, 0) is 12.1 Å². The molecule has 1 aromatic heterocycles. The third kappa shape index (κ3) is 1.66. The number of hydrogen-bond donors (Lipinski definition) is 0. The van der Waals surface area contributed by atoms with Gasteiger partial charge in [-0.1, -0.05) is 11.6 Å². The highest BCUT2D eigenvalue weighted by molar-refractivity contribution is 6.29. The molecule has 15 heavy (non-hydrogen) atoms. The smallest absolute Gasteiger partial charge is 0.283 e. The van der Waals surface area contributed by atoms with Crippen molar-refractivity contribution in [3.63, 3.8) is 0 Å². The first-order valence-corrected chi connectivity index (χ1v) is 4.67. The molecule has 1 aliphatic heterocycles. The number of rotatable bonds is 1. The van der Waals surface area contributed by atoms with Crippen LogP contribution in [0.1, 0.15) is 0 Å². The van der Waals surface area contributed by atoms with E-state index in [0.29, 0.717) is 10.8 Å². The summed E-state index contributed by atoms with van der Waals surface area (Å²) >= 11 is 5.62. The number of urea groups is 1. The largest absolute Gasteiger partial charge is 0.331 e. The molecule has 1 aliphatic rings. The number of imide groups is 1. The Balaban J connectivity index is 2.29. The lowest BCUT2D eigenvalue weighted by molar-refractivity contribution is -0.123. The highest BCUT2D eigenvalue weighted by atomic mass is 35.5. The van der Waals surface area contributed by atoms with Crippen molar-refractivity contribution in [2.45, 2.75) is 0 Å². The molecule has 0 N–H and O–H groups in total. The Bertz CT molecular complexity index is 418. The highest BCUT2D eigenvalue weighted by Gasteiger charge is 2.33. The van der Waals surface area contributed by atoms with E-state index in [9.17, 15) is 9.59 Å². The van der Waals surface area contributed by atoms with E-state index in [4.69, 9.17) is 11.6 Å². The SMILES string of the molecule is CN1C(=O)CN(c2ccc(Cl)nc2)C1=O. The third-order valence-electron chi connectivity index (χ3n) is 2.21. The first kappa shape index (κ1) is 9.92. The van der Waals surface area contributed by atoms with Gasteiger partial charge in [0, 0.05) is 7.05 Å². The maximum absolute atomic E-state index is 11.6. The van der Waals surface area contributed by atoms with Crippen molar-refractivity contribution >= 4 is 29.2 Å². The number of likely N-dealkylation sites (N-methyl/N-ethyl adjacent to an activating group) is 1. The summed E-state index contributed by atoms with van der Waals surface area (Å²) in [5.74, 6) is -0.227. The number of carbonyl (C=O) groups is 2. The Kier molecular flexibility index (Phi) is 2.32. The third-order valence-corrected chi connectivity index (χ3v) is 2.43. The van der Waals surface area contributed by atoms with Crippen LogP contribution in [0.5, 0.6) is 0 Å². The van der Waals surface area contributed by atoms with E-state index < -0.39 is 0 Å². The van der Waals surface area contributed by atoms with Crippen LogP contribution >= 0.6 is 11.6 Å². The molecule has 1 saturated heterocycles. The molecule has 3 amide bonds. The van der Waals surface area contributed by atoms with Gasteiger partial charge < -0.3 is 0 Å². The molecular formula is C9H8ClN3O2. The maximum Gasteiger partial charge on any atom is 0.331 e. The van der Waals surface area contributed by atoms with Gasteiger partial charge in [0.25, 0.3) is 0 Å². The summed E-state index contributed by atoms with van der Waals surface area (Å²) in [6.45, 7) is 0.0542. The van der Waals surface area contributed by atoms with Crippen molar-refractivity contribution in [2.24, 2.45) is 0 Å². The zero-order valence-electron chi connectivity index (χ0n) is 7.98. The Morgan fingerprint density at radius 2 is 2.13 bits per heavy atom. The first-order valence-electron chi connectivity index (χ1n) is 4.29. The quantitative estimate of drug-likeness (QED) is 0.532. The summed E-state index contributed by atoms with van der Waals surface area (Å²) in [6.07, 6.45) is 1.46. The van der Waals surface area contributed by atoms with Crippen LogP contribution < -0.4 is 4.90 Å². The Morgan fingerprint density at radius 3 is 2.60 bits per heavy atom. The summed E-state index contributed by atoms with van der Waals surface area (Å²) in [5, 5.41) is 0.352. The van der Waals surface area contributed by atoms with Crippen LogP contribution in [-0.4, -0.2) is 35.4 Å². The average molecular weight is 226 g/mol. The van der Waals surface area contributed by atoms with Gasteiger partial charge in [0.1, 0.15) is 11.7 Å². The molecule has 78 valence electrons. The number of nitrogens with zero attached hydrogens (tertiary/aromatic N) is 3. The second kappa shape index (κ2) is 3.51. The molecule has 0 aliphatic carbocycles. The minimum absolute atomic E-state index is 0.0542. The molecular weight excluding hydrogens is 218 g/mol. The van der Waals surface area contributed by atoms with Gasteiger partial charge >= 0.3 is 6.03 Å². The minimum atomic E-state index is -0.343. The van der Waals surface area contributed by atoms with E-state index in [2.05, 4.69) is 4.98 Å². The Morgan fingerprint density at radius 1 is 1.40 bits per heavy atom. The van der Waals surface area contributed by atoms with Crippen LogP contribution in [-0.2, 0) is 4.79 Å². The predicted octanol–water partition coefficient (Wildman–Crippen LogP) is 1.13. The van der Waals surface area contributed by atoms with Crippen molar-refractivity contribution < 1.29 is 9.59 Å². The van der Waals surface area contributed by atoms with Crippen molar-refractivity contribution in [2.75, 3.05) is 18.5 Å². The number of anilines is 1. The maximum atomic E-state index is 11.6. The zero-order chi connectivity index (χ0) is 11.0. The fourth-order valence-corrected chi connectivity index (χ4v) is 1.44. The highest BCUT2D eigenvalue weighted by Crippen LogP contribution is 2.20. The van der Waals surface area contributed by atoms with Gasteiger partial charge in [-0.25, -0.2) is 9.78 Å². The molecule has 0 spiro atoms. The van der Waals surface area contributed by atoms with Crippen LogP contribution in [0.3, 0.4) is 0 Å². The Hall–Kier alpha value is -1.62. The van der Waals surface area contributed by atoms with Crippen molar-refractivity contribution in [3.8, 4) is 0 Å². The number of aromatic nitrogens is 1. The molecule has 2 heterocycles. The molecule has 0 unspecified atom stereocenters. The average Bonchev–Trinajstić information content (AvgIpc) is 2.47. The van der Waals surface area contributed by atoms with Crippen molar-refractivity contribution in [1.82, 2.24) is 9.88 Å².